The summed E-state index contributed by atoms with van der Waals surface area (Å²) in [4.78, 5) is 18.1. The average Bonchev–Trinajstić information content (AvgIpc) is 2.63. The maximum absolute atomic E-state index is 13.9. The molecule has 5 nitrogen and oxygen atoms in total. The number of carbonyl (C=O) groups excluding carboxylic acids is 1. The minimum Gasteiger partial charge on any atom is -0.444 e. The van der Waals surface area contributed by atoms with Crippen molar-refractivity contribution in [2.24, 2.45) is 0 Å². The second-order valence-electron chi connectivity index (χ2n) is 7.82. The van der Waals surface area contributed by atoms with Gasteiger partial charge in [-0.3, -0.25) is 0 Å². The van der Waals surface area contributed by atoms with Crippen molar-refractivity contribution in [2.75, 3.05) is 13.1 Å². The molecule has 0 spiro atoms. The number of carbonyl (C=O) groups is 1. The molecule has 0 aliphatic carbocycles. The summed E-state index contributed by atoms with van der Waals surface area (Å²) in [6, 6.07) is 6.84. The molecule has 150 valence electrons. The van der Waals surface area contributed by atoms with Crippen LogP contribution in [0, 0.1) is 11.6 Å². The van der Waals surface area contributed by atoms with Gasteiger partial charge in [0.05, 0.1) is 0 Å². The van der Waals surface area contributed by atoms with Gasteiger partial charge >= 0.3 is 6.09 Å². The molecule has 0 unspecified atom stereocenters. The zero-order chi connectivity index (χ0) is 20.3. The van der Waals surface area contributed by atoms with Crippen LogP contribution in [0.15, 0.2) is 36.5 Å². The smallest absolute Gasteiger partial charge is 0.410 e. The minimum atomic E-state index is -0.781. The maximum atomic E-state index is 13.9. The molecule has 1 aromatic heterocycles. The predicted molar refractivity (Wildman–Crippen MR) is 100 cm³/mol. The lowest BCUT2D eigenvalue weighted by Gasteiger charge is -2.33. The van der Waals surface area contributed by atoms with Gasteiger partial charge < -0.3 is 14.4 Å². The summed E-state index contributed by atoms with van der Waals surface area (Å²) in [7, 11) is 0. The zero-order valence-corrected chi connectivity index (χ0v) is 16.2. The van der Waals surface area contributed by atoms with Crippen LogP contribution >= 0.6 is 0 Å². The molecule has 2 heterocycles. The SMILES string of the molecule is CC(C)(C)OC(=O)N1CCC(c2cccnc2Oc2ccc(F)cc2F)CC1. The lowest BCUT2D eigenvalue weighted by molar-refractivity contribution is 0.0204. The van der Waals surface area contributed by atoms with E-state index in [0.29, 0.717) is 31.8 Å². The van der Waals surface area contributed by atoms with E-state index in [1.54, 1.807) is 17.2 Å². The molecule has 2 aromatic rings. The van der Waals surface area contributed by atoms with Crippen molar-refractivity contribution in [3.8, 4) is 11.6 Å². The van der Waals surface area contributed by atoms with Crippen molar-refractivity contribution in [2.45, 2.75) is 45.1 Å². The van der Waals surface area contributed by atoms with Crippen LogP contribution in [0.4, 0.5) is 13.6 Å². The molecule has 7 heteroatoms. The Labute approximate surface area is 163 Å². The largest absolute Gasteiger partial charge is 0.444 e. The molecule has 0 atom stereocenters. The van der Waals surface area contributed by atoms with Crippen LogP contribution in [0.3, 0.4) is 0 Å². The van der Waals surface area contributed by atoms with Crippen molar-refractivity contribution < 1.29 is 23.0 Å². The molecule has 0 bridgehead atoms. The Bertz CT molecular complexity index is 844. The molecule has 1 aliphatic heterocycles. The van der Waals surface area contributed by atoms with Gasteiger partial charge in [0, 0.05) is 30.9 Å². The molecule has 1 amide bonds. The van der Waals surface area contributed by atoms with E-state index in [1.807, 2.05) is 26.8 Å². The van der Waals surface area contributed by atoms with Crippen molar-refractivity contribution in [3.63, 3.8) is 0 Å². The van der Waals surface area contributed by atoms with Crippen molar-refractivity contribution in [3.05, 3.63) is 53.7 Å². The Morgan fingerprint density at radius 1 is 1.18 bits per heavy atom. The molecule has 0 saturated carbocycles. The Morgan fingerprint density at radius 2 is 1.89 bits per heavy atom. The van der Waals surface area contributed by atoms with Crippen LogP contribution < -0.4 is 4.74 Å². The van der Waals surface area contributed by atoms with E-state index in [4.69, 9.17) is 9.47 Å². The van der Waals surface area contributed by atoms with Crippen LogP contribution in [-0.2, 0) is 4.74 Å². The Balaban J connectivity index is 1.69. The maximum Gasteiger partial charge on any atom is 0.410 e. The molecular formula is C21H24F2N2O3. The fourth-order valence-electron chi connectivity index (χ4n) is 3.16. The Morgan fingerprint density at radius 3 is 2.54 bits per heavy atom. The summed E-state index contributed by atoms with van der Waals surface area (Å²) in [6.07, 6.45) is 2.68. The number of nitrogens with zero attached hydrogens (tertiary/aromatic N) is 2. The standard InChI is InChI=1S/C21H24F2N2O3/c1-21(2,3)28-20(26)25-11-8-14(9-12-25)16-5-4-10-24-19(16)27-18-7-6-15(22)13-17(18)23/h4-7,10,13-14H,8-9,11-12H2,1-3H3. The van der Waals surface area contributed by atoms with Crippen LogP contribution in [0.5, 0.6) is 11.6 Å². The second-order valence-corrected chi connectivity index (χ2v) is 7.82. The highest BCUT2D eigenvalue weighted by Gasteiger charge is 2.29. The van der Waals surface area contributed by atoms with Gasteiger partial charge in [-0.25, -0.2) is 18.6 Å². The quantitative estimate of drug-likeness (QED) is 0.717. The lowest BCUT2D eigenvalue weighted by Crippen LogP contribution is -2.41. The number of halogens is 2. The monoisotopic (exact) mass is 390 g/mol. The summed E-state index contributed by atoms with van der Waals surface area (Å²) >= 11 is 0. The number of amides is 1. The number of aromatic nitrogens is 1. The van der Waals surface area contributed by atoms with Crippen LogP contribution in [0.25, 0.3) is 0 Å². The van der Waals surface area contributed by atoms with Gasteiger partial charge in [-0.15, -0.1) is 0 Å². The van der Waals surface area contributed by atoms with E-state index in [-0.39, 0.29) is 17.8 Å². The van der Waals surface area contributed by atoms with Gasteiger partial charge in [0.2, 0.25) is 5.88 Å². The molecule has 0 N–H and O–H groups in total. The average molecular weight is 390 g/mol. The molecule has 1 saturated heterocycles. The lowest BCUT2D eigenvalue weighted by atomic mass is 9.90. The summed E-state index contributed by atoms with van der Waals surface area (Å²) in [5, 5.41) is 0. The fraction of sp³-hybridized carbons (Fsp3) is 0.429. The van der Waals surface area contributed by atoms with E-state index in [2.05, 4.69) is 4.98 Å². The highest BCUT2D eigenvalue weighted by Crippen LogP contribution is 2.35. The third kappa shape index (κ3) is 4.97. The van der Waals surface area contributed by atoms with Gasteiger partial charge in [0.1, 0.15) is 11.4 Å². The summed E-state index contributed by atoms with van der Waals surface area (Å²) in [5.74, 6) is -1.11. The Hall–Kier alpha value is -2.70. The van der Waals surface area contributed by atoms with Gasteiger partial charge in [0.25, 0.3) is 0 Å². The number of benzene rings is 1. The third-order valence-electron chi connectivity index (χ3n) is 4.49. The van der Waals surface area contributed by atoms with Crippen LogP contribution in [0.1, 0.15) is 45.1 Å². The summed E-state index contributed by atoms with van der Waals surface area (Å²) < 4.78 is 38.1. The van der Waals surface area contributed by atoms with Crippen LogP contribution in [0.2, 0.25) is 0 Å². The zero-order valence-electron chi connectivity index (χ0n) is 16.2. The summed E-state index contributed by atoms with van der Waals surface area (Å²) in [5.41, 5.74) is 0.312. The molecule has 3 rings (SSSR count). The third-order valence-corrected chi connectivity index (χ3v) is 4.49. The van der Waals surface area contributed by atoms with Gasteiger partial charge in [0.15, 0.2) is 11.6 Å². The van der Waals surface area contributed by atoms with E-state index in [9.17, 15) is 13.6 Å². The van der Waals surface area contributed by atoms with Gasteiger partial charge in [-0.1, -0.05) is 6.07 Å². The normalized spacial score (nSPS) is 15.4. The molecular weight excluding hydrogens is 366 g/mol. The Kier molecular flexibility index (Phi) is 5.82. The highest BCUT2D eigenvalue weighted by atomic mass is 19.1. The minimum absolute atomic E-state index is 0.0764. The number of pyridine rings is 1. The number of rotatable bonds is 3. The molecule has 1 fully saturated rings. The first kappa shape index (κ1) is 20.0. The topological polar surface area (TPSA) is 51.7 Å². The number of likely N-dealkylation sites (tertiary alicyclic amines) is 1. The van der Waals surface area contributed by atoms with Gasteiger partial charge in [-0.2, -0.15) is 0 Å². The number of hydrogen-bond acceptors (Lipinski definition) is 4. The predicted octanol–water partition coefficient (Wildman–Crippen LogP) is 5.27. The van der Waals surface area contributed by atoms with E-state index in [1.165, 1.54) is 6.07 Å². The van der Waals surface area contributed by atoms with Crippen molar-refractivity contribution in [1.29, 1.82) is 0 Å². The van der Waals surface area contributed by atoms with Crippen molar-refractivity contribution in [1.82, 2.24) is 9.88 Å². The number of piperidine rings is 1. The summed E-state index contributed by atoms with van der Waals surface area (Å²) in [6.45, 7) is 6.63. The molecule has 28 heavy (non-hydrogen) atoms. The van der Waals surface area contributed by atoms with E-state index in [0.717, 1.165) is 17.7 Å². The highest BCUT2D eigenvalue weighted by molar-refractivity contribution is 5.68. The first-order valence-electron chi connectivity index (χ1n) is 9.29. The second kappa shape index (κ2) is 8.12. The number of hydrogen-bond donors (Lipinski definition) is 0. The number of ether oxygens (including phenoxy) is 2. The first-order valence-corrected chi connectivity index (χ1v) is 9.29. The molecule has 1 aliphatic rings. The van der Waals surface area contributed by atoms with E-state index < -0.39 is 17.2 Å². The van der Waals surface area contributed by atoms with Crippen molar-refractivity contribution >= 4 is 6.09 Å². The first-order chi connectivity index (χ1) is 13.2. The van der Waals surface area contributed by atoms with Crippen LogP contribution in [-0.4, -0.2) is 34.7 Å². The molecule has 0 radical (unpaired) electrons. The van der Waals surface area contributed by atoms with E-state index >= 15 is 0 Å². The fourth-order valence-corrected chi connectivity index (χ4v) is 3.16. The van der Waals surface area contributed by atoms with Gasteiger partial charge in [-0.05, 0) is 57.7 Å². The molecule has 1 aromatic carbocycles.